The van der Waals surface area contributed by atoms with E-state index in [4.69, 9.17) is 5.11 Å². The smallest absolute Gasteiger partial charge is 0.303 e. The van der Waals surface area contributed by atoms with Crippen LogP contribution in [0.25, 0.3) is 0 Å². The van der Waals surface area contributed by atoms with Crippen molar-refractivity contribution in [1.82, 2.24) is 0 Å². The summed E-state index contributed by atoms with van der Waals surface area (Å²) in [5.74, 6) is -1.41. The molecule has 1 aliphatic rings. The molecule has 0 spiro atoms. The molecule has 148 valence electrons. The van der Waals surface area contributed by atoms with Gasteiger partial charge < -0.3 is 20.4 Å². The second kappa shape index (κ2) is 12.0. The zero-order valence-electron chi connectivity index (χ0n) is 15.5. The number of carbonyl (C=O) groups is 2. The second-order valence-corrected chi connectivity index (χ2v) is 7.15. The molecule has 0 amide bonds. The topological polar surface area (TPSA) is 115 Å². The number of carbonyl (C=O) groups excluding carboxylic acids is 1. The predicted octanol–water partition coefficient (Wildman–Crippen LogP) is 2.22. The maximum atomic E-state index is 12.1. The summed E-state index contributed by atoms with van der Waals surface area (Å²) in [5.41, 5.74) is 0. The van der Waals surface area contributed by atoms with Crippen molar-refractivity contribution in [3.63, 3.8) is 0 Å². The first-order chi connectivity index (χ1) is 12.3. The van der Waals surface area contributed by atoms with Crippen molar-refractivity contribution in [2.24, 2.45) is 11.8 Å². The number of aliphatic hydroxyl groups excluding tert-OH is 3. The molecular weight excluding hydrogens is 336 g/mol. The van der Waals surface area contributed by atoms with Gasteiger partial charge in [0.25, 0.3) is 0 Å². The van der Waals surface area contributed by atoms with Crippen LogP contribution in [0.5, 0.6) is 0 Å². The van der Waals surface area contributed by atoms with Gasteiger partial charge in [-0.25, -0.2) is 0 Å². The van der Waals surface area contributed by atoms with Gasteiger partial charge in [0.15, 0.2) is 0 Å². The number of aliphatic hydroxyl groups is 3. The van der Waals surface area contributed by atoms with Crippen LogP contribution in [0.4, 0.5) is 0 Å². The molecule has 1 aliphatic carbocycles. The molecular formula is C20H32O6. The van der Waals surface area contributed by atoms with Crippen molar-refractivity contribution >= 4 is 11.8 Å². The summed E-state index contributed by atoms with van der Waals surface area (Å²) in [6.45, 7) is 1.71. The number of hydrogen-bond acceptors (Lipinski definition) is 5. The number of aliphatic carboxylic acids is 1. The Kier molecular flexibility index (Phi) is 10.4. The summed E-state index contributed by atoms with van der Waals surface area (Å²) >= 11 is 0. The third kappa shape index (κ3) is 8.74. The fourth-order valence-corrected chi connectivity index (χ4v) is 3.23. The van der Waals surface area contributed by atoms with Crippen molar-refractivity contribution in [2.75, 3.05) is 0 Å². The lowest BCUT2D eigenvalue weighted by molar-refractivity contribution is -0.137. The van der Waals surface area contributed by atoms with E-state index in [9.17, 15) is 24.9 Å². The van der Waals surface area contributed by atoms with Crippen LogP contribution in [0.1, 0.15) is 58.3 Å². The highest BCUT2D eigenvalue weighted by molar-refractivity contribution is 5.84. The summed E-state index contributed by atoms with van der Waals surface area (Å²) in [6.07, 6.45) is 9.23. The number of hydrogen-bond donors (Lipinski definition) is 4. The van der Waals surface area contributed by atoms with E-state index in [1.165, 1.54) is 0 Å². The Morgan fingerprint density at radius 1 is 1.23 bits per heavy atom. The minimum Gasteiger partial charge on any atom is -0.481 e. The zero-order valence-corrected chi connectivity index (χ0v) is 15.5. The van der Waals surface area contributed by atoms with Crippen molar-refractivity contribution in [3.8, 4) is 0 Å². The fourth-order valence-electron chi connectivity index (χ4n) is 3.23. The van der Waals surface area contributed by atoms with Crippen LogP contribution in [0.3, 0.4) is 0 Å². The van der Waals surface area contributed by atoms with E-state index in [2.05, 4.69) is 0 Å². The highest BCUT2D eigenvalue weighted by Gasteiger charge is 2.39. The number of rotatable bonds is 12. The van der Waals surface area contributed by atoms with Gasteiger partial charge in [-0.15, -0.1) is 0 Å². The molecule has 0 aliphatic heterocycles. The molecule has 0 aromatic heterocycles. The van der Waals surface area contributed by atoms with Crippen molar-refractivity contribution in [2.45, 2.75) is 76.6 Å². The Bertz CT molecular complexity index is 497. The SMILES string of the molecule is CC(O)CCCC(O)/C=C/C1C(O)CC(=O)C1C/C=C\CCCC(=O)O. The number of Topliss-reactive ketones (excluding diaryl/α,β-unsaturated/α-hetero) is 1. The van der Waals surface area contributed by atoms with Crippen LogP contribution in [0.15, 0.2) is 24.3 Å². The molecule has 1 saturated carbocycles. The molecule has 0 radical (unpaired) electrons. The van der Waals surface area contributed by atoms with E-state index in [1.807, 2.05) is 12.2 Å². The third-order valence-corrected chi connectivity index (χ3v) is 4.73. The van der Waals surface area contributed by atoms with Crippen LogP contribution in [0.2, 0.25) is 0 Å². The molecule has 0 aromatic carbocycles. The molecule has 4 N–H and O–H groups in total. The molecule has 5 atom stereocenters. The highest BCUT2D eigenvalue weighted by Crippen LogP contribution is 2.33. The van der Waals surface area contributed by atoms with Gasteiger partial charge in [-0.2, -0.15) is 0 Å². The largest absolute Gasteiger partial charge is 0.481 e. The summed E-state index contributed by atoms with van der Waals surface area (Å²) < 4.78 is 0. The minimum atomic E-state index is -0.815. The number of ketones is 1. The number of unbranched alkanes of at least 4 members (excludes halogenated alkanes) is 1. The molecule has 6 heteroatoms. The Morgan fingerprint density at radius 3 is 2.62 bits per heavy atom. The lowest BCUT2D eigenvalue weighted by atomic mass is 9.90. The van der Waals surface area contributed by atoms with Gasteiger partial charge in [0, 0.05) is 24.7 Å². The normalized spacial score (nSPS) is 26.0. The summed E-state index contributed by atoms with van der Waals surface area (Å²) in [4.78, 5) is 22.6. The van der Waals surface area contributed by atoms with Crippen LogP contribution >= 0.6 is 0 Å². The first kappa shape index (κ1) is 22.5. The Morgan fingerprint density at radius 2 is 1.96 bits per heavy atom. The van der Waals surface area contributed by atoms with Gasteiger partial charge in [-0.3, -0.25) is 9.59 Å². The minimum absolute atomic E-state index is 0.0194. The van der Waals surface area contributed by atoms with Gasteiger partial charge in [-0.05, 0) is 45.4 Å². The number of carboxylic acid groups (broad SMARTS) is 1. The molecule has 26 heavy (non-hydrogen) atoms. The van der Waals surface area contributed by atoms with E-state index < -0.39 is 18.2 Å². The first-order valence-corrected chi connectivity index (χ1v) is 9.43. The van der Waals surface area contributed by atoms with Crippen molar-refractivity contribution in [1.29, 1.82) is 0 Å². The third-order valence-electron chi connectivity index (χ3n) is 4.73. The number of allylic oxidation sites excluding steroid dienone is 2. The Hall–Kier alpha value is -1.50. The zero-order chi connectivity index (χ0) is 19.5. The van der Waals surface area contributed by atoms with E-state index in [-0.39, 0.29) is 36.6 Å². The Labute approximate surface area is 155 Å². The molecule has 0 saturated heterocycles. The van der Waals surface area contributed by atoms with Crippen LogP contribution in [-0.4, -0.2) is 50.5 Å². The molecule has 5 unspecified atom stereocenters. The van der Waals surface area contributed by atoms with E-state index in [1.54, 1.807) is 19.1 Å². The molecule has 0 bridgehead atoms. The molecule has 0 heterocycles. The summed E-state index contributed by atoms with van der Waals surface area (Å²) in [7, 11) is 0. The standard InChI is InChI=1S/C20H32O6/c1-14(21)7-6-8-15(22)11-12-17-16(18(23)13-19(17)24)9-4-2-3-5-10-20(25)26/h2,4,11-12,14-17,19,21-22,24H,3,5-10,13H2,1H3,(H,25,26)/b4-2-,12-11+. The van der Waals surface area contributed by atoms with Gasteiger partial charge in [0.05, 0.1) is 18.3 Å². The van der Waals surface area contributed by atoms with Crippen LogP contribution in [-0.2, 0) is 9.59 Å². The van der Waals surface area contributed by atoms with Gasteiger partial charge in [0.1, 0.15) is 5.78 Å². The highest BCUT2D eigenvalue weighted by atomic mass is 16.4. The van der Waals surface area contributed by atoms with Gasteiger partial charge in [-0.1, -0.05) is 24.3 Å². The summed E-state index contributed by atoms with van der Waals surface area (Å²) in [5, 5.41) is 37.9. The second-order valence-electron chi connectivity index (χ2n) is 7.15. The maximum Gasteiger partial charge on any atom is 0.303 e. The van der Waals surface area contributed by atoms with E-state index in [0.29, 0.717) is 38.5 Å². The average Bonchev–Trinajstić information content (AvgIpc) is 2.81. The predicted molar refractivity (Wildman–Crippen MR) is 98.5 cm³/mol. The fraction of sp³-hybridized carbons (Fsp3) is 0.700. The molecule has 1 rings (SSSR count). The van der Waals surface area contributed by atoms with Crippen LogP contribution < -0.4 is 0 Å². The summed E-state index contributed by atoms with van der Waals surface area (Å²) in [6, 6.07) is 0. The van der Waals surface area contributed by atoms with E-state index >= 15 is 0 Å². The molecule has 6 nitrogen and oxygen atoms in total. The van der Waals surface area contributed by atoms with Crippen molar-refractivity contribution in [3.05, 3.63) is 24.3 Å². The maximum absolute atomic E-state index is 12.1. The molecule has 1 fully saturated rings. The average molecular weight is 368 g/mol. The van der Waals surface area contributed by atoms with Crippen molar-refractivity contribution < 1.29 is 30.0 Å². The monoisotopic (exact) mass is 368 g/mol. The quantitative estimate of drug-likeness (QED) is 0.310. The van der Waals surface area contributed by atoms with E-state index in [0.717, 1.165) is 0 Å². The van der Waals surface area contributed by atoms with Gasteiger partial charge >= 0.3 is 5.97 Å². The lowest BCUT2D eigenvalue weighted by Gasteiger charge is -2.16. The lowest BCUT2D eigenvalue weighted by Crippen LogP contribution is -2.18. The number of carboxylic acids is 1. The molecule has 0 aromatic rings. The van der Waals surface area contributed by atoms with Gasteiger partial charge in [0.2, 0.25) is 0 Å². The van der Waals surface area contributed by atoms with Crippen LogP contribution in [0, 0.1) is 11.8 Å². The Balaban J connectivity index is 2.47. The first-order valence-electron chi connectivity index (χ1n) is 9.43.